The zero-order chi connectivity index (χ0) is 27.3. The normalized spacial score (nSPS) is 21.4. The standard InChI is InChI=1S/C26H24FN3O7S/c27-18(23(28)32)11-12-20(38)29-19-15-35-30(24(19)33)26(14-13-21(31)37-26)25(34)36-22(16-7-3-1-4-8-16)17-9-5-2-6-10-17/h1-11,19,22H,12-15H2,(H2,28,32)(H,29,38)/b18-11-/t19-,26?/m0/s1. The summed E-state index contributed by atoms with van der Waals surface area (Å²) in [5.41, 5.74) is 4.04. The van der Waals surface area contributed by atoms with E-state index in [-0.39, 0.29) is 30.9 Å². The van der Waals surface area contributed by atoms with Gasteiger partial charge in [-0.05, 0) is 17.2 Å². The highest BCUT2D eigenvalue weighted by molar-refractivity contribution is 7.80. The molecule has 12 heteroatoms. The Hall–Kier alpha value is -4.16. The number of nitrogens with one attached hydrogen (secondary N) is 1. The van der Waals surface area contributed by atoms with Gasteiger partial charge in [-0.25, -0.2) is 9.18 Å². The molecule has 2 fully saturated rings. The molecule has 0 radical (unpaired) electrons. The highest BCUT2D eigenvalue weighted by Gasteiger charge is 2.60. The first kappa shape index (κ1) is 26.9. The van der Waals surface area contributed by atoms with E-state index in [1.54, 1.807) is 48.5 Å². The molecule has 0 aromatic heterocycles. The quantitative estimate of drug-likeness (QED) is 0.278. The summed E-state index contributed by atoms with van der Waals surface area (Å²) in [5, 5.41) is 3.40. The Morgan fingerprint density at radius 2 is 1.76 bits per heavy atom. The number of cyclic esters (lactones) is 1. The molecule has 2 amide bonds. The number of carbonyl (C=O) groups is 4. The van der Waals surface area contributed by atoms with Crippen LogP contribution in [0.3, 0.4) is 0 Å². The molecule has 0 spiro atoms. The van der Waals surface area contributed by atoms with Gasteiger partial charge in [-0.3, -0.25) is 19.2 Å². The molecule has 3 N–H and O–H groups in total. The maximum Gasteiger partial charge on any atom is 0.376 e. The first-order valence-corrected chi connectivity index (χ1v) is 12.1. The summed E-state index contributed by atoms with van der Waals surface area (Å²) in [6.07, 6.45) is -0.507. The lowest BCUT2D eigenvalue weighted by Crippen LogP contribution is -2.57. The zero-order valence-electron chi connectivity index (χ0n) is 20.0. The lowest BCUT2D eigenvalue weighted by atomic mass is 10.0. The fraction of sp³-hybridized carbons (Fsp3) is 0.269. The zero-order valence-corrected chi connectivity index (χ0v) is 20.8. The Bertz CT molecular complexity index is 1230. The van der Waals surface area contributed by atoms with Crippen molar-refractivity contribution in [3.05, 3.63) is 83.7 Å². The van der Waals surface area contributed by atoms with Crippen molar-refractivity contribution in [2.75, 3.05) is 6.61 Å². The monoisotopic (exact) mass is 541 g/mol. The number of benzene rings is 2. The van der Waals surface area contributed by atoms with Crippen LogP contribution in [0.2, 0.25) is 0 Å². The fourth-order valence-corrected chi connectivity index (χ4v) is 4.29. The number of hydrogen-bond acceptors (Lipinski definition) is 8. The Balaban J connectivity index is 1.55. The lowest BCUT2D eigenvalue weighted by molar-refractivity contribution is -0.260. The van der Waals surface area contributed by atoms with Gasteiger partial charge in [0.2, 0.25) is 0 Å². The molecule has 0 saturated carbocycles. The second-order valence-electron chi connectivity index (χ2n) is 8.53. The number of halogens is 1. The van der Waals surface area contributed by atoms with Crippen LogP contribution in [0.1, 0.15) is 36.5 Å². The number of nitrogens with two attached hydrogens (primary N) is 1. The van der Waals surface area contributed by atoms with Gasteiger partial charge in [0.05, 0.1) is 11.4 Å². The molecule has 38 heavy (non-hydrogen) atoms. The molecule has 2 aromatic rings. The number of nitrogens with zero attached hydrogens (tertiary/aromatic N) is 1. The van der Waals surface area contributed by atoms with Gasteiger partial charge in [0.1, 0.15) is 12.6 Å². The minimum atomic E-state index is -2.15. The molecule has 2 aliphatic rings. The van der Waals surface area contributed by atoms with Crippen LogP contribution >= 0.6 is 12.2 Å². The van der Waals surface area contributed by atoms with Gasteiger partial charge in [0, 0.05) is 12.8 Å². The topological polar surface area (TPSA) is 137 Å². The first-order valence-electron chi connectivity index (χ1n) is 11.7. The van der Waals surface area contributed by atoms with Gasteiger partial charge in [-0.1, -0.05) is 72.9 Å². The van der Waals surface area contributed by atoms with Crippen molar-refractivity contribution in [1.29, 1.82) is 0 Å². The summed E-state index contributed by atoms with van der Waals surface area (Å²) in [5.74, 6) is -4.84. The number of amides is 2. The smallest absolute Gasteiger partial charge is 0.376 e. The third kappa shape index (κ3) is 5.71. The molecule has 1 unspecified atom stereocenters. The van der Waals surface area contributed by atoms with Crippen molar-refractivity contribution < 1.29 is 37.9 Å². The van der Waals surface area contributed by atoms with E-state index >= 15 is 0 Å². The second-order valence-corrected chi connectivity index (χ2v) is 9.03. The lowest BCUT2D eigenvalue weighted by Gasteiger charge is -2.34. The van der Waals surface area contributed by atoms with Gasteiger partial charge in [0.25, 0.3) is 11.8 Å². The summed E-state index contributed by atoms with van der Waals surface area (Å²) in [4.78, 5) is 55.4. The van der Waals surface area contributed by atoms with E-state index in [9.17, 15) is 23.6 Å². The van der Waals surface area contributed by atoms with E-state index in [1.807, 2.05) is 12.1 Å². The Kier molecular flexibility index (Phi) is 8.13. The molecule has 2 saturated heterocycles. The Morgan fingerprint density at radius 1 is 1.16 bits per heavy atom. The number of rotatable bonds is 9. The Morgan fingerprint density at radius 3 is 2.29 bits per heavy atom. The number of hydrogen-bond donors (Lipinski definition) is 2. The Labute approximate surface area is 222 Å². The van der Waals surface area contributed by atoms with Crippen LogP contribution in [0.25, 0.3) is 0 Å². The van der Waals surface area contributed by atoms with Gasteiger partial charge >= 0.3 is 17.7 Å². The number of hydroxylamine groups is 2. The molecule has 0 bridgehead atoms. The van der Waals surface area contributed by atoms with Crippen LogP contribution in [-0.2, 0) is 33.5 Å². The number of primary amides is 1. The number of thiocarbonyl (C=S) groups is 1. The summed E-state index contributed by atoms with van der Waals surface area (Å²) >= 11 is 5.11. The first-order chi connectivity index (χ1) is 18.2. The predicted molar refractivity (Wildman–Crippen MR) is 134 cm³/mol. The van der Waals surface area contributed by atoms with Gasteiger partial charge in [-0.15, -0.1) is 0 Å². The van der Waals surface area contributed by atoms with Crippen LogP contribution in [0.5, 0.6) is 0 Å². The molecule has 4 rings (SSSR count). The van der Waals surface area contributed by atoms with Gasteiger partial charge < -0.3 is 20.5 Å². The highest BCUT2D eigenvalue weighted by atomic mass is 32.1. The highest BCUT2D eigenvalue weighted by Crippen LogP contribution is 2.37. The molecule has 198 valence electrons. The summed E-state index contributed by atoms with van der Waals surface area (Å²) in [7, 11) is 0. The van der Waals surface area contributed by atoms with Crippen molar-refractivity contribution in [3.63, 3.8) is 0 Å². The van der Waals surface area contributed by atoms with E-state index in [2.05, 4.69) is 5.32 Å². The van der Waals surface area contributed by atoms with E-state index in [4.69, 9.17) is 32.3 Å². The SMILES string of the molecule is NC(=O)/C(F)=C/CC(=S)N[C@H]1CON(C2(C(=O)OC(c3ccccc3)c3ccccc3)CCC(=O)O2)C1=O. The number of ether oxygens (including phenoxy) is 2. The molecule has 10 nitrogen and oxygen atoms in total. The van der Waals surface area contributed by atoms with E-state index < -0.39 is 47.5 Å². The molecule has 0 aliphatic carbocycles. The van der Waals surface area contributed by atoms with E-state index in [0.717, 1.165) is 6.08 Å². The average molecular weight is 542 g/mol. The van der Waals surface area contributed by atoms with Gasteiger partial charge in [0.15, 0.2) is 11.9 Å². The molecule has 2 aromatic carbocycles. The minimum absolute atomic E-state index is 0.0264. The van der Waals surface area contributed by atoms with Crippen LogP contribution in [0.4, 0.5) is 4.39 Å². The van der Waals surface area contributed by atoms with Crippen molar-refractivity contribution in [2.45, 2.75) is 37.1 Å². The fourth-order valence-electron chi connectivity index (χ4n) is 4.06. The third-order valence-electron chi connectivity index (χ3n) is 5.93. The van der Waals surface area contributed by atoms with Crippen LogP contribution in [0.15, 0.2) is 72.6 Å². The van der Waals surface area contributed by atoms with Crippen molar-refractivity contribution >= 4 is 41.0 Å². The summed E-state index contributed by atoms with van der Waals surface area (Å²) in [6.45, 7) is -0.256. The number of esters is 2. The minimum Gasteiger partial charge on any atom is -0.448 e. The summed E-state index contributed by atoms with van der Waals surface area (Å²) in [6, 6.07) is 16.9. The predicted octanol–water partition coefficient (Wildman–Crippen LogP) is 2.14. The van der Waals surface area contributed by atoms with Crippen LogP contribution < -0.4 is 11.1 Å². The molecule has 2 heterocycles. The largest absolute Gasteiger partial charge is 0.448 e. The average Bonchev–Trinajstić information content (AvgIpc) is 3.49. The van der Waals surface area contributed by atoms with Crippen molar-refractivity contribution in [2.24, 2.45) is 5.73 Å². The van der Waals surface area contributed by atoms with Crippen LogP contribution in [-0.4, -0.2) is 52.2 Å². The van der Waals surface area contributed by atoms with Crippen LogP contribution in [0, 0.1) is 0 Å². The maximum atomic E-state index is 13.7. The molecular weight excluding hydrogens is 517 g/mol. The molecule has 2 atom stereocenters. The second kappa shape index (κ2) is 11.5. The maximum absolute atomic E-state index is 13.7. The summed E-state index contributed by atoms with van der Waals surface area (Å²) < 4.78 is 24.7. The van der Waals surface area contributed by atoms with E-state index in [0.29, 0.717) is 16.2 Å². The van der Waals surface area contributed by atoms with E-state index in [1.165, 1.54) is 0 Å². The van der Waals surface area contributed by atoms with Gasteiger partial charge in [-0.2, -0.15) is 5.06 Å². The number of carbonyl (C=O) groups excluding carboxylic acids is 4. The molecule has 2 aliphatic heterocycles. The van der Waals surface area contributed by atoms with Crippen molar-refractivity contribution in [1.82, 2.24) is 10.4 Å². The van der Waals surface area contributed by atoms with Crippen molar-refractivity contribution in [3.8, 4) is 0 Å². The molecular formula is C26H24FN3O7S. The third-order valence-corrected chi connectivity index (χ3v) is 6.22.